The van der Waals surface area contributed by atoms with E-state index < -0.39 is 6.04 Å². The van der Waals surface area contributed by atoms with E-state index in [-0.39, 0.29) is 5.91 Å². The number of halogens is 1. The number of benzene rings is 1. The Morgan fingerprint density at radius 2 is 1.89 bits per heavy atom. The number of nitrogens with one attached hydrogen (secondary N) is 1. The van der Waals surface area contributed by atoms with Gasteiger partial charge < -0.3 is 5.32 Å². The average molecular weight is 395 g/mol. The highest BCUT2D eigenvalue weighted by Gasteiger charge is 2.19. The summed E-state index contributed by atoms with van der Waals surface area (Å²) in [6, 6.07) is 8.11. The zero-order valence-electron chi connectivity index (χ0n) is 14.8. The lowest BCUT2D eigenvalue weighted by molar-refractivity contribution is 0.0938. The number of amides is 1. The quantitative estimate of drug-likeness (QED) is 0.557. The summed E-state index contributed by atoms with van der Waals surface area (Å²) in [5, 5.41) is 11.7. The van der Waals surface area contributed by atoms with E-state index >= 15 is 0 Å². The molecule has 0 spiro atoms. The number of nitrogens with zero attached hydrogens (tertiary/aromatic N) is 7. The van der Waals surface area contributed by atoms with Gasteiger partial charge in [-0.2, -0.15) is 14.9 Å². The Bertz CT molecular complexity index is 1090. The van der Waals surface area contributed by atoms with Gasteiger partial charge in [0.1, 0.15) is 6.33 Å². The molecule has 3 aromatic heterocycles. The largest absolute Gasteiger partial charge is 0.342 e. The van der Waals surface area contributed by atoms with Crippen LogP contribution < -0.4 is 5.32 Å². The van der Waals surface area contributed by atoms with Crippen LogP contribution in [0.15, 0.2) is 61.4 Å². The lowest BCUT2D eigenvalue weighted by Crippen LogP contribution is -2.29. The summed E-state index contributed by atoms with van der Waals surface area (Å²) in [4.78, 5) is 25.3. The molecule has 0 bridgehead atoms. The number of rotatable bonds is 5. The zero-order valence-corrected chi connectivity index (χ0v) is 15.5. The van der Waals surface area contributed by atoms with E-state index in [9.17, 15) is 4.79 Å². The lowest BCUT2D eigenvalue weighted by Gasteiger charge is -2.14. The monoisotopic (exact) mass is 394 g/mol. The van der Waals surface area contributed by atoms with E-state index in [0.717, 1.165) is 0 Å². The Morgan fingerprint density at radius 3 is 2.64 bits per heavy atom. The summed E-state index contributed by atoms with van der Waals surface area (Å²) in [6.45, 7) is 1.81. The number of carbonyl (C=O) groups is 1. The van der Waals surface area contributed by atoms with Gasteiger partial charge in [0, 0.05) is 35.4 Å². The van der Waals surface area contributed by atoms with Crippen LogP contribution in [0.25, 0.3) is 11.6 Å². The van der Waals surface area contributed by atoms with Crippen molar-refractivity contribution < 1.29 is 4.79 Å². The van der Waals surface area contributed by atoms with Crippen LogP contribution in [0.3, 0.4) is 0 Å². The first-order valence-electron chi connectivity index (χ1n) is 8.40. The summed E-state index contributed by atoms with van der Waals surface area (Å²) in [5.41, 5.74) is 1.10. The smallest absolute Gasteiger partial charge is 0.252 e. The maximum atomic E-state index is 12.8. The Balaban J connectivity index is 1.57. The van der Waals surface area contributed by atoms with Crippen molar-refractivity contribution in [3.63, 3.8) is 0 Å². The third-order valence-electron chi connectivity index (χ3n) is 3.96. The molecule has 10 heteroatoms. The van der Waals surface area contributed by atoms with Gasteiger partial charge in [0.05, 0.1) is 11.7 Å². The third-order valence-corrected chi connectivity index (χ3v) is 4.18. The Kier molecular flexibility index (Phi) is 4.81. The molecule has 1 amide bonds. The maximum Gasteiger partial charge on any atom is 0.252 e. The molecule has 4 aromatic rings. The van der Waals surface area contributed by atoms with Gasteiger partial charge in [-0.05, 0) is 37.3 Å². The van der Waals surface area contributed by atoms with Crippen molar-refractivity contribution in [2.24, 2.45) is 0 Å². The summed E-state index contributed by atoms with van der Waals surface area (Å²) < 4.78 is 3.12. The third kappa shape index (κ3) is 3.60. The van der Waals surface area contributed by atoms with Gasteiger partial charge in [-0.3, -0.25) is 4.79 Å². The van der Waals surface area contributed by atoms with Gasteiger partial charge in [0.2, 0.25) is 0 Å². The molecule has 28 heavy (non-hydrogen) atoms. The summed E-state index contributed by atoms with van der Waals surface area (Å²) in [7, 11) is 0. The second-order valence-corrected chi connectivity index (χ2v) is 6.36. The van der Waals surface area contributed by atoms with Crippen molar-refractivity contribution in [2.75, 3.05) is 0 Å². The fourth-order valence-corrected chi connectivity index (χ4v) is 2.93. The summed E-state index contributed by atoms with van der Waals surface area (Å²) in [5.74, 6) is 0.584. The first-order chi connectivity index (χ1) is 13.6. The van der Waals surface area contributed by atoms with Gasteiger partial charge in [0.25, 0.3) is 11.9 Å². The molecule has 0 aliphatic heterocycles. The molecule has 0 aliphatic rings. The van der Waals surface area contributed by atoms with Crippen molar-refractivity contribution in [1.29, 1.82) is 0 Å². The van der Waals surface area contributed by atoms with E-state index in [1.165, 1.54) is 11.0 Å². The zero-order chi connectivity index (χ0) is 19.5. The fraction of sp³-hybridized carbons (Fsp3) is 0.111. The molecule has 4 rings (SSSR count). The van der Waals surface area contributed by atoms with Gasteiger partial charge >= 0.3 is 0 Å². The van der Waals surface area contributed by atoms with Crippen molar-refractivity contribution in [3.05, 3.63) is 77.9 Å². The first-order valence-corrected chi connectivity index (χ1v) is 8.78. The fourth-order valence-electron chi connectivity index (χ4n) is 2.70. The van der Waals surface area contributed by atoms with Crippen LogP contribution in [0.4, 0.5) is 0 Å². The molecular weight excluding hydrogens is 380 g/mol. The van der Waals surface area contributed by atoms with Crippen molar-refractivity contribution in [3.8, 4) is 11.6 Å². The second-order valence-electron chi connectivity index (χ2n) is 5.92. The molecule has 0 radical (unpaired) electrons. The van der Waals surface area contributed by atoms with Crippen LogP contribution in [0.2, 0.25) is 5.02 Å². The van der Waals surface area contributed by atoms with Gasteiger partial charge in [0.15, 0.2) is 5.82 Å². The molecule has 9 nitrogen and oxygen atoms in total. The predicted molar refractivity (Wildman–Crippen MR) is 101 cm³/mol. The standard InChI is InChI=1S/C18H15ClN8O/c1-12(16-22-11-24-27(16)18-20-4-2-5-21-18)25-17(28)13-8-14(19)10-15(9-13)26-7-3-6-23-26/h2-12H,1H3,(H,25,28). The molecule has 140 valence electrons. The highest BCUT2D eigenvalue weighted by molar-refractivity contribution is 6.31. The Hall–Kier alpha value is -3.59. The van der Waals surface area contributed by atoms with Crippen LogP contribution >= 0.6 is 11.6 Å². The van der Waals surface area contributed by atoms with Gasteiger partial charge in [-0.15, -0.1) is 0 Å². The highest BCUT2D eigenvalue weighted by Crippen LogP contribution is 2.19. The summed E-state index contributed by atoms with van der Waals surface area (Å²) >= 11 is 6.19. The molecule has 0 aliphatic carbocycles. The molecule has 0 saturated heterocycles. The Labute approximate surface area is 165 Å². The van der Waals surface area contributed by atoms with Crippen molar-refractivity contribution in [1.82, 2.24) is 39.8 Å². The van der Waals surface area contributed by atoms with E-state index in [1.807, 2.05) is 0 Å². The van der Waals surface area contributed by atoms with E-state index in [0.29, 0.717) is 28.0 Å². The van der Waals surface area contributed by atoms with Crippen molar-refractivity contribution in [2.45, 2.75) is 13.0 Å². The lowest BCUT2D eigenvalue weighted by atomic mass is 10.1. The number of carbonyl (C=O) groups excluding carboxylic acids is 1. The molecule has 0 saturated carbocycles. The van der Waals surface area contributed by atoms with Crippen molar-refractivity contribution >= 4 is 17.5 Å². The number of aromatic nitrogens is 7. The Morgan fingerprint density at radius 1 is 1.07 bits per heavy atom. The molecule has 1 N–H and O–H groups in total. The highest BCUT2D eigenvalue weighted by atomic mass is 35.5. The minimum Gasteiger partial charge on any atom is -0.342 e. The molecule has 1 unspecified atom stereocenters. The molecule has 0 fully saturated rings. The molecular formula is C18H15ClN8O. The average Bonchev–Trinajstić information content (AvgIpc) is 3.40. The minimum absolute atomic E-state index is 0.299. The van der Waals surface area contributed by atoms with Crippen LogP contribution in [0.1, 0.15) is 29.1 Å². The maximum absolute atomic E-state index is 12.8. The first kappa shape index (κ1) is 17.8. The summed E-state index contributed by atoms with van der Waals surface area (Å²) in [6.07, 6.45) is 8.04. The number of hydrogen-bond donors (Lipinski definition) is 1. The van der Waals surface area contributed by atoms with Gasteiger partial charge in [-0.25, -0.2) is 19.6 Å². The van der Waals surface area contributed by atoms with E-state index in [4.69, 9.17) is 11.6 Å². The normalized spacial score (nSPS) is 11.9. The minimum atomic E-state index is -0.439. The second kappa shape index (κ2) is 7.57. The topological polar surface area (TPSA) is 103 Å². The van der Waals surface area contributed by atoms with E-state index in [1.54, 1.807) is 66.7 Å². The molecule has 3 heterocycles. The molecule has 1 aromatic carbocycles. The number of hydrogen-bond acceptors (Lipinski definition) is 6. The van der Waals surface area contributed by atoms with E-state index in [2.05, 4.69) is 30.5 Å². The predicted octanol–water partition coefficient (Wildman–Crippen LogP) is 2.39. The van der Waals surface area contributed by atoms with Gasteiger partial charge in [-0.1, -0.05) is 11.6 Å². The van der Waals surface area contributed by atoms with Crippen LogP contribution in [0, 0.1) is 0 Å². The van der Waals surface area contributed by atoms with Crippen LogP contribution in [-0.2, 0) is 0 Å². The SMILES string of the molecule is CC(NC(=O)c1cc(Cl)cc(-n2cccn2)c1)c1ncnn1-c1ncccn1. The molecule has 1 atom stereocenters. The van der Waals surface area contributed by atoms with Crippen LogP contribution in [-0.4, -0.2) is 40.4 Å². The van der Waals surface area contributed by atoms with Crippen LogP contribution in [0.5, 0.6) is 0 Å².